The van der Waals surface area contributed by atoms with Gasteiger partial charge in [0.25, 0.3) is 11.8 Å². The second-order valence-electron chi connectivity index (χ2n) is 7.04. The number of amides is 2. The lowest BCUT2D eigenvalue weighted by Gasteiger charge is -2.33. The average molecular weight is 382 g/mol. The van der Waals surface area contributed by atoms with Crippen LogP contribution >= 0.6 is 0 Å². The first kappa shape index (κ1) is 19.7. The lowest BCUT2D eigenvalue weighted by atomic mass is 10.1. The molecular formula is C22H26N2O4. The summed E-state index contributed by atoms with van der Waals surface area (Å²) < 4.78 is 11.3. The quantitative estimate of drug-likeness (QED) is 0.824. The summed E-state index contributed by atoms with van der Waals surface area (Å²) in [5.41, 5.74) is 3.33. The highest BCUT2D eigenvalue weighted by Crippen LogP contribution is 2.36. The first-order valence-electron chi connectivity index (χ1n) is 9.51. The zero-order valence-electron chi connectivity index (χ0n) is 16.7. The molecule has 3 rings (SSSR count). The molecule has 0 saturated heterocycles. The van der Waals surface area contributed by atoms with Gasteiger partial charge in [0, 0.05) is 12.2 Å². The molecule has 0 bridgehead atoms. The lowest BCUT2D eigenvalue weighted by Crippen LogP contribution is -2.44. The fraction of sp³-hybridized carbons (Fsp3) is 0.364. The normalized spacial score (nSPS) is 15.6. The van der Waals surface area contributed by atoms with Crippen LogP contribution in [0, 0.1) is 13.8 Å². The number of carbonyl (C=O) groups is 2. The van der Waals surface area contributed by atoms with Crippen molar-refractivity contribution in [2.24, 2.45) is 0 Å². The van der Waals surface area contributed by atoms with Crippen molar-refractivity contribution in [2.45, 2.75) is 40.2 Å². The van der Waals surface area contributed by atoms with E-state index >= 15 is 0 Å². The van der Waals surface area contributed by atoms with E-state index in [0.29, 0.717) is 29.4 Å². The molecule has 1 aliphatic heterocycles. The third kappa shape index (κ3) is 4.27. The summed E-state index contributed by atoms with van der Waals surface area (Å²) in [6.07, 6.45) is 0.323. The van der Waals surface area contributed by atoms with E-state index in [1.807, 2.05) is 39.0 Å². The van der Waals surface area contributed by atoms with Crippen LogP contribution in [0.3, 0.4) is 0 Å². The Morgan fingerprint density at radius 1 is 1.21 bits per heavy atom. The van der Waals surface area contributed by atoms with Gasteiger partial charge in [-0.05, 0) is 62.6 Å². The highest BCUT2D eigenvalue weighted by molar-refractivity contribution is 6.01. The maximum absolute atomic E-state index is 12.4. The molecule has 0 radical (unpaired) electrons. The highest BCUT2D eigenvalue weighted by atomic mass is 16.5. The van der Waals surface area contributed by atoms with Gasteiger partial charge in [0.05, 0.1) is 5.69 Å². The van der Waals surface area contributed by atoms with Gasteiger partial charge in [-0.3, -0.25) is 9.59 Å². The van der Waals surface area contributed by atoms with E-state index in [4.69, 9.17) is 9.47 Å². The SMILES string of the molecule is CCCN1C(=O)C(C)Oc2ccc(NC(=O)COc3cc(C)ccc3C)cc21. The number of hydrogen-bond donors (Lipinski definition) is 1. The van der Waals surface area contributed by atoms with Gasteiger partial charge in [-0.2, -0.15) is 0 Å². The zero-order chi connectivity index (χ0) is 20.3. The van der Waals surface area contributed by atoms with Gasteiger partial charge in [-0.15, -0.1) is 0 Å². The van der Waals surface area contributed by atoms with Crippen molar-refractivity contribution in [3.05, 3.63) is 47.5 Å². The van der Waals surface area contributed by atoms with Crippen LogP contribution in [0.1, 0.15) is 31.4 Å². The van der Waals surface area contributed by atoms with Gasteiger partial charge in [0.2, 0.25) is 0 Å². The summed E-state index contributed by atoms with van der Waals surface area (Å²) in [5, 5.41) is 2.83. The molecule has 28 heavy (non-hydrogen) atoms. The van der Waals surface area contributed by atoms with Crippen molar-refractivity contribution in [1.82, 2.24) is 0 Å². The van der Waals surface area contributed by atoms with Crippen LogP contribution in [-0.4, -0.2) is 31.1 Å². The minimum Gasteiger partial charge on any atom is -0.483 e. The summed E-state index contributed by atoms with van der Waals surface area (Å²) in [6, 6.07) is 11.2. The number of benzene rings is 2. The van der Waals surface area contributed by atoms with E-state index in [1.54, 1.807) is 30.0 Å². The first-order valence-corrected chi connectivity index (χ1v) is 9.51. The van der Waals surface area contributed by atoms with Crippen LogP contribution in [-0.2, 0) is 9.59 Å². The number of ether oxygens (including phenoxy) is 2. The van der Waals surface area contributed by atoms with Crippen LogP contribution in [0.25, 0.3) is 0 Å². The van der Waals surface area contributed by atoms with Crippen molar-refractivity contribution in [1.29, 1.82) is 0 Å². The Bertz CT molecular complexity index is 894. The number of nitrogens with one attached hydrogen (secondary N) is 1. The topological polar surface area (TPSA) is 67.9 Å². The van der Waals surface area contributed by atoms with Crippen LogP contribution < -0.4 is 19.7 Å². The van der Waals surface area contributed by atoms with Crippen molar-refractivity contribution < 1.29 is 19.1 Å². The molecule has 2 aromatic rings. The summed E-state index contributed by atoms with van der Waals surface area (Å²) in [4.78, 5) is 26.5. The highest BCUT2D eigenvalue weighted by Gasteiger charge is 2.31. The van der Waals surface area contributed by atoms with E-state index < -0.39 is 6.10 Å². The predicted molar refractivity (Wildman–Crippen MR) is 109 cm³/mol. The molecule has 1 heterocycles. The summed E-state index contributed by atoms with van der Waals surface area (Å²) in [5.74, 6) is 1.00. The summed E-state index contributed by atoms with van der Waals surface area (Å²) in [6.45, 7) is 8.19. The molecule has 6 heteroatoms. The molecular weight excluding hydrogens is 356 g/mol. The molecule has 0 aromatic heterocycles. The summed E-state index contributed by atoms with van der Waals surface area (Å²) in [7, 11) is 0. The van der Waals surface area contributed by atoms with Crippen LogP contribution in [0.15, 0.2) is 36.4 Å². The van der Waals surface area contributed by atoms with Crippen LogP contribution in [0.4, 0.5) is 11.4 Å². The molecule has 0 spiro atoms. The van der Waals surface area contributed by atoms with Gasteiger partial charge in [-0.1, -0.05) is 19.1 Å². The Morgan fingerprint density at radius 3 is 2.75 bits per heavy atom. The number of fused-ring (bicyclic) bond motifs is 1. The fourth-order valence-electron chi connectivity index (χ4n) is 3.14. The smallest absolute Gasteiger partial charge is 0.267 e. The molecule has 6 nitrogen and oxygen atoms in total. The molecule has 1 unspecified atom stereocenters. The third-order valence-electron chi connectivity index (χ3n) is 4.60. The maximum atomic E-state index is 12.4. The van der Waals surface area contributed by atoms with Crippen LogP contribution in [0.5, 0.6) is 11.5 Å². The van der Waals surface area contributed by atoms with Gasteiger partial charge in [0.15, 0.2) is 12.7 Å². The van der Waals surface area contributed by atoms with E-state index in [1.165, 1.54) is 0 Å². The number of carbonyl (C=O) groups excluding carboxylic acids is 2. The van der Waals surface area contributed by atoms with E-state index in [2.05, 4.69) is 5.32 Å². The number of rotatable bonds is 6. The van der Waals surface area contributed by atoms with Crippen molar-refractivity contribution >= 4 is 23.2 Å². The maximum Gasteiger partial charge on any atom is 0.267 e. The molecule has 2 aromatic carbocycles. The molecule has 0 saturated carbocycles. The van der Waals surface area contributed by atoms with Gasteiger partial charge in [-0.25, -0.2) is 0 Å². The Labute approximate surface area is 165 Å². The van der Waals surface area contributed by atoms with Gasteiger partial charge >= 0.3 is 0 Å². The lowest BCUT2D eigenvalue weighted by molar-refractivity contribution is -0.125. The molecule has 2 amide bonds. The first-order chi connectivity index (χ1) is 13.4. The predicted octanol–water partition coefficient (Wildman–Crippen LogP) is 3.84. The summed E-state index contributed by atoms with van der Waals surface area (Å²) >= 11 is 0. The van der Waals surface area contributed by atoms with Gasteiger partial charge in [0.1, 0.15) is 11.5 Å². The van der Waals surface area contributed by atoms with Crippen molar-refractivity contribution in [3.8, 4) is 11.5 Å². The fourth-order valence-corrected chi connectivity index (χ4v) is 3.14. The molecule has 1 aliphatic rings. The Kier molecular flexibility index (Phi) is 5.87. The number of anilines is 2. The van der Waals surface area contributed by atoms with E-state index in [9.17, 15) is 9.59 Å². The second-order valence-corrected chi connectivity index (χ2v) is 7.04. The Hall–Kier alpha value is -3.02. The van der Waals surface area contributed by atoms with Gasteiger partial charge < -0.3 is 19.7 Å². The Morgan fingerprint density at radius 2 is 2.00 bits per heavy atom. The molecule has 1 atom stereocenters. The molecule has 0 aliphatic carbocycles. The zero-order valence-corrected chi connectivity index (χ0v) is 16.7. The minimum atomic E-state index is -0.509. The van der Waals surface area contributed by atoms with Crippen molar-refractivity contribution in [2.75, 3.05) is 23.4 Å². The van der Waals surface area contributed by atoms with Crippen molar-refractivity contribution in [3.63, 3.8) is 0 Å². The second kappa shape index (κ2) is 8.33. The largest absolute Gasteiger partial charge is 0.483 e. The minimum absolute atomic E-state index is 0.0731. The molecule has 148 valence electrons. The number of aryl methyl sites for hydroxylation is 2. The van der Waals surface area contributed by atoms with Crippen LogP contribution in [0.2, 0.25) is 0 Å². The standard InChI is InChI=1S/C22H26N2O4/c1-5-10-24-18-12-17(8-9-19(18)28-16(4)22(24)26)23-21(25)13-27-20-11-14(2)6-7-15(20)3/h6-9,11-12,16H,5,10,13H2,1-4H3,(H,23,25). The Balaban J connectivity index is 1.70. The number of nitrogens with zero attached hydrogens (tertiary/aromatic N) is 1. The number of hydrogen-bond acceptors (Lipinski definition) is 4. The van der Waals surface area contributed by atoms with E-state index in [0.717, 1.165) is 17.5 Å². The third-order valence-corrected chi connectivity index (χ3v) is 4.60. The van der Waals surface area contributed by atoms with E-state index in [-0.39, 0.29) is 18.4 Å². The molecule has 1 N–H and O–H groups in total. The average Bonchev–Trinajstić information content (AvgIpc) is 2.66. The molecule has 0 fully saturated rings. The monoisotopic (exact) mass is 382 g/mol.